The summed E-state index contributed by atoms with van der Waals surface area (Å²) in [6.45, 7) is 2.39. The fourth-order valence-corrected chi connectivity index (χ4v) is 3.29. The first-order chi connectivity index (χ1) is 13.9. The highest BCUT2D eigenvalue weighted by Gasteiger charge is 2.25. The van der Waals surface area contributed by atoms with Gasteiger partial charge in [-0.2, -0.15) is 0 Å². The van der Waals surface area contributed by atoms with E-state index in [4.69, 9.17) is 44.9 Å². The minimum Gasteiger partial charge on any atom is -0.490 e. The molecule has 0 unspecified atom stereocenters. The fourth-order valence-electron chi connectivity index (χ4n) is 2.60. The normalized spacial score (nSPS) is 13.6. The first-order valence-corrected chi connectivity index (χ1v) is 9.76. The second-order valence-corrected chi connectivity index (χ2v) is 7.15. The summed E-state index contributed by atoms with van der Waals surface area (Å²) in [5.41, 5.74) is 1.19. The Labute approximate surface area is 182 Å². The standard InChI is InChI=1S/C20H16Cl2N2O4S/c1-2-27-17-9-11(8-12-18(25)23-20(29)24-19(12)26)6-7-16(17)28-10-13-14(21)4-3-5-15(13)22/h3-9H,2,10H2,1H3,(H2,23,24,25,26,29). The van der Waals surface area contributed by atoms with Crippen LogP contribution in [0.15, 0.2) is 42.0 Å². The lowest BCUT2D eigenvalue weighted by Gasteiger charge is -2.17. The van der Waals surface area contributed by atoms with Crippen molar-refractivity contribution in [2.75, 3.05) is 6.61 Å². The first-order valence-electron chi connectivity index (χ1n) is 8.60. The van der Waals surface area contributed by atoms with Gasteiger partial charge in [-0.15, -0.1) is 0 Å². The van der Waals surface area contributed by atoms with Crippen LogP contribution in [-0.4, -0.2) is 23.5 Å². The predicted molar refractivity (Wildman–Crippen MR) is 115 cm³/mol. The zero-order valence-corrected chi connectivity index (χ0v) is 17.6. The molecule has 150 valence electrons. The van der Waals surface area contributed by atoms with Gasteiger partial charge in [-0.25, -0.2) is 0 Å². The number of nitrogens with one attached hydrogen (secondary N) is 2. The van der Waals surface area contributed by atoms with E-state index in [0.29, 0.717) is 39.3 Å². The van der Waals surface area contributed by atoms with Crippen LogP contribution in [0.5, 0.6) is 11.5 Å². The van der Waals surface area contributed by atoms with Crippen LogP contribution in [0.3, 0.4) is 0 Å². The van der Waals surface area contributed by atoms with E-state index in [2.05, 4.69) is 10.6 Å². The summed E-state index contributed by atoms with van der Waals surface area (Å²) in [5.74, 6) is -0.198. The fraction of sp³-hybridized carbons (Fsp3) is 0.150. The predicted octanol–water partition coefficient (Wildman–Crippen LogP) is 3.89. The molecule has 29 heavy (non-hydrogen) atoms. The average molecular weight is 451 g/mol. The molecule has 1 aliphatic heterocycles. The van der Waals surface area contributed by atoms with Crippen molar-refractivity contribution in [3.8, 4) is 11.5 Å². The minimum absolute atomic E-state index is 0.0193. The van der Waals surface area contributed by atoms with E-state index in [1.165, 1.54) is 6.08 Å². The van der Waals surface area contributed by atoms with Crippen molar-refractivity contribution in [3.63, 3.8) is 0 Å². The molecule has 1 heterocycles. The molecule has 0 aliphatic carbocycles. The second-order valence-electron chi connectivity index (χ2n) is 5.92. The third-order valence-electron chi connectivity index (χ3n) is 3.96. The summed E-state index contributed by atoms with van der Waals surface area (Å²) in [6.07, 6.45) is 1.45. The summed E-state index contributed by atoms with van der Waals surface area (Å²) in [4.78, 5) is 24.0. The van der Waals surface area contributed by atoms with E-state index in [1.807, 2.05) is 6.92 Å². The first kappa shape index (κ1) is 21.1. The third kappa shape index (κ3) is 5.06. The number of ether oxygens (including phenoxy) is 2. The number of carbonyl (C=O) groups excluding carboxylic acids is 2. The Morgan fingerprint density at radius 2 is 1.66 bits per heavy atom. The molecule has 0 spiro atoms. The molecular formula is C20H16Cl2N2O4S. The lowest BCUT2D eigenvalue weighted by Crippen LogP contribution is -2.51. The zero-order valence-electron chi connectivity index (χ0n) is 15.3. The molecule has 1 aliphatic rings. The van der Waals surface area contributed by atoms with Crippen LogP contribution in [0.2, 0.25) is 10.0 Å². The number of halogens is 2. The van der Waals surface area contributed by atoms with Gasteiger partial charge in [0, 0.05) is 15.6 Å². The van der Waals surface area contributed by atoms with Crippen molar-refractivity contribution in [3.05, 3.63) is 63.1 Å². The van der Waals surface area contributed by atoms with Crippen molar-refractivity contribution < 1.29 is 19.1 Å². The lowest BCUT2D eigenvalue weighted by atomic mass is 10.1. The molecule has 2 aromatic rings. The van der Waals surface area contributed by atoms with Gasteiger partial charge in [0.15, 0.2) is 16.6 Å². The highest BCUT2D eigenvalue weighted by atomic mass is 35.5. The van der Waals surface area contributed by atoms with Gasteiger partial charge < -0.3 is 9.47 Å². The van der Waals surface area contributed by atoms with Gasteiger partial charge in [0.1, 0.15) is 12.2 Å². The van der Waals surface area contributed by atoms with Gasteiger partial charge >= 0.3 is 0 Å². The SMILES string of the molecule is CCOc1cc(C=C2C(=O)NC(=S)NC2=O)ccc1OCc1c(Cl)cccc1Cl. The Morgan fingerprint density at radius 1 is 1.00 bits per heavy atom. The van der Waals surface area contributed by atoms with E-state index < -0.39 is 11.8 Å². The van der Waals surface area contributed by atoms with Crippen LogP contribution in [0.4, 0.5) is 0 Å². The maximum atomic E-state index is 12.0. The van der Waals surface area contributed by atoms with Crippen molar-refractivity contribution >= 4 is 58.4 Å². The molecule has 1 saturated heterocycles. The summed E-state index contributed by atoms with van der Waals surface area (Å²) in [5, 5.41) is 5.77. The molecule has 2 aromatic carbocycles. The molecule has 2 N–H and O–H groups in total. The van der Waals surface area contributed by atoms with Crippen molar-refractivity contribution in [1.82, 2.24) is 10.6 Å². The molecule has 0 bridgehead atoms. The van der Waals surface area contributed by atoms with Crippen molar-refractivity contribution in [1.29, 1.82) is 0 Å². The van der Waals surface area contributed by atoms with E-state index in [9.17, 15) is 9.59 Å². The van der Waals surface area contributed by atoms with Crippen LogP contribution < -0.4 is 20.1 Å². The van der Waals surface area contributed by atoms with Gasteiger partial charge in [0.05, 0.1) is 6.61 Å². The Bertz CT molecular complexity index is 981. The molecule has 1 fully saturated rings. The number of thiocarbonyl (C=S) groups is 1. The molecule has 3 rings (SSSR count). The molecule has 0 radical (unpaired) electrons. The van der Waals surface area contributed by atoms with Crippen LogP contribution in [0.1, 0.15) is 18.1 Å². The monoisotopic (exact) mass is 450 g/mol. The van der Waals surface area contributed by atoms with Gasteiger partial charge in [-0.3, -0.25) is 20.2 Å². The Kier molecular flexibility index (Phi) is 6.74. The average Bonchev–Trinajstić information content (AvgIpc) is 2.66. The highest BCUT2D eigenvalue weighted by molar-refractivity contribution is 7.80. The Hall–Kier alpha value is -2.61. The van der Waals surface area contributed by atoms with Crippen LogP contribution in [-0.2, 0) is 16.2 Å². The number of benzene rings is 2. The largest absolute Gasteiger partial charge is 0.490 e. The summed E-state index contributed by atoms with van der Waals surface area (Å²) in [6, 6.07) is 10.3. The van der Waals surface area contributed by atoms with Gasteiger partial charge in [-0.05, 0) is 55.0 Å². The van der Waals surface area contributed by atoms with Gasteiger partial charge in [0.25, 0.3) is 11.8 Å². The molecular weight excluding hydrogens is 435 g/mol. The number of rotatable bonds is 6. The molecule has 0 atom stereocenters. The molecule has 9 heteroatoms. The van der Waals surface area contributed by atoms with Crippen LogP contribution in [0, 0.1) is 0 Å². The van der Waals surface area contributed by atoms with E-state index in [0.717, 1.165) is 0 Å². The maximum Gasteiger partial charge on any atom is 0.263 e. The number of carbonyl (C=O) groups is 2. The quantitative estimate of drug-likeness (QED) is 0.396. The number of hydrogen-bond acceptors (Lipinski definition) is 5. The molecule has 0 saturated carbocycles. The summed E-state index contributed by atoms with van der Waals surface area (Å²) in [7, 11) is 0. The molecule has 6 nitrogen and oxygen atoms in total. The summed E-state index contributed by atoms with van der Waals surface area (Å²) >= 11 is 17.2. The number of amides is 2. The summed E-state index contributed by atoms with van der Waals surface area (Å²) < 4.78 is 11.5. The Balaban J connectivity index is 1.85. The molecule has 0 aromatic heterocycles. The van der Waals surface area contributed by atoms with Crippen molar-refractivity contribution in [2.24, 2.45) is 0 Å². The van der Waals surface area contributed by atoms with E-state index >= 15 is 0 Å². The highest BCUT2D eigenvalue weighted by Crippen LogP contribution is 2.32. The molecule has 2 amide bonds. The number of hydrogen-bond donors (Lipinski definition) is 2. The minimum atomic E-state index is -0.564. The Morgan fingerprint density at radius 3 is 2.28 bits per heavy atom. The van der Waals surface area contributed by atoms with Gasteiger partial charge in [-0.1, -0.05) is 35.3 Å². The third-order valence-corrected chi connectivity index (χ3v) is 4.87. The maximum absolute atomic E-state index is 12.0. The van der Waals surface area contributed by atoms with Crippen LogP contribution >= 0.6 is 35.4 Å². The van der Waals surface area contributed by atoms with E-state index in [-0.39, 0.29) is 17.3 Å². The zero-order chi connectivity index (χ0) is 21.0. The van der Waals surface area contributed by atoms with Crippen molar-refractivity contribution in [2.45, 2.75) is 13.5 Å². The van der Waals surface area contributed by atoms with Gasteiger partial charge in [0.2, 0.25) is 0 Å². The topological polar surface area (TPSA) is 76.7 Å². The smallest absolute Gasteiger partial charge is 0.263 e. The second kappa shape index (κ2) is 9.26. The van der Waals surface area contributed by atoms with Crippen LogP contribution in [0.25, 0.3) is 6.08 Å². The lowest BCUT2D eigenvalue weighted by molar-refractivity contribution is -0.123. The van der Waals surface area contributed by atoms with E-state index in [1.54, 1.807) is 36.4 Å².